The molecule has 3 aromatic carbocycles. The molecule has 0 fully saturated rings. The van der Waals surface area contributed by atoms with E-state index in [1.165, 1.54) is 0 Å². The molecule has 0 saturated carbocycles. The Bertz CT molecular complexity index is 937. The summed E-state index contributed by atoms with van der Waals surface area (Å²) in [5.41, 5.74) is 2.79. The zero-order valence-corrected chi connectivity index (χ0v) is 16.1. The predicted octanol–water partition coefficient (Wildman–Crippen LogP) is 4.83. The summed E-state index contributed by atoms with van der Waals surface area (Å²) in [5.74, 6) is 0. The van der Waals surface area contributed by atoms with Crippen LogP contribution in [0.4, 0.5) is 0 Å². The van der Waals surface area contributed by atoms with E-state index in [2.05, 4.69) is 20.7 Å². The van der Waals surface area contributed by atoms with E-state index in [1.807, 2.05) is 61.5 Å². The van der Waals surface area contributed by atoms with E-state index in [-0.39, 0.29) is 4.90 Å². The molecule has 5 heteroatoms. The molecule has 0 amide bonds. The lowest BCUT2D eigenvalue weighted by atomic mass is 10.00. The van der Waals surface area contributed by atoms with Gasteiger partial charge in [0, 0.05) is 4.47 Å². The molecule has 0 heterocycles. The Hall–Kier alpha value is -1.95. The van der Waals surface area contributed by atoms with E-state index in [0.717, 1.165) is 21.2 Å². The molecule has 128 valence electrons. The molecule has 0 aliphatic heterocycles. The highest BCUT2D eigenvalue weighted by molar-refractivity contribution is 9.10. The smallest absolute Gasteiger partial charge is 0.207 e. The first-order valence-corrected chi connectivity index (χ1v) is 10.1. The topological polar surface area (TPSA) is 46.2 Å². The summed E-state index contributed by atoms with van der Waals surface area (Å²) >= 11 is 3.42. The molecule has 0 radical (unpaired) electrons. The van der Waals surface area contributed by atoms with Gasteiger partial charge in [-0.2, -0.15) is 4.72 Å². The molecule has 0 spiro atoms. The molecule has 3 rings (SSSR count). The molecule has 1 atom stereocenters. The zero-order valence-electron chi connectivity index (χ0n) is 13.7. The zero-order chi connectivity index (χ0) is 17.9. The van der Waals surface area contributed by atoms with Gasteiger partial charge in [-0.3, -0.25) is 0 Å². The SMILES string of the molecule is Cc1ccc(S(=O)(=O)NC(c2ccccc2)c2ccc(Br)cc2)cc1. The third-order valence-electron chi connectivity index (χ3n) is 3.94. The number of rotatable bonds is 5. The van der Waals surface area contributed by atoms with Crippen molar-refractivity contribution in [2.24, 2.45) is 0 Å². The molecule has 0 saturated heterocycles. The summed E-state index contributed by atoms with van der Waals surface area (Å²) in [6.45, 7) is 1.93. The lowest BCUT2D eigenvalue weighted by Crippen LogP contribution is -2.29. The monoisotopic (exact) mass is 415 g/mol. The highest BCUT2D eigenvalue weighted by Gasteiger charge is 2.22. The molecule has 25 heavy (non-hydrogen) atoms. The number of hydrogen-bond donors (Lipinski definition) is 1. The second-order valence-electron chi connectivity index (χ2n) is 5.83. The molecule has 0 aliphatic carbocycles. The van der Waals surface area contributed by atoms with Crippen LogP contribution in [0.25, 0.3) is 0 Å². The maximum absolute atomic E-state index is 12.8. The Balaban J connectivity index is 2.00. The van der Waals surface area contributed by atoms with Gasteiger partial charge in [-0.05, 0) is 42.3 Å². The van der Waals surface area contributed by atoms with Crippen molar-refractivity contribution < 1.29 is 8.42 Å². The normalized spacial score (nSPS) is 12.7. The second-order valence-corrected chi connectivity index (χ2v) is 8.46. The number of sulfonamides is 1. The van der Waals surface area contributed by atoms with E-state index in [4.69, 9.17) is 0 Å². The number of aryl methyl sites for hydroxylation is 1. The minimum absolute atomic E-state index is 0.260. The van der Waals surface area contributed by atoms with E-state index in [0.29, 0.717) is 0 Å². The van der Waals surface area contributed by atoms with E-state index < -0.39 is 16.1 Å². The molecular weight excluding hydrogens is 398 g/mol. The summed E-state index contributed by atoms with van der Waals surface area (Å²) in [6, 6.07) is 23.6. The molecule has 0 aliphatic rings. The Morgan fingerprint density at radius 1 is 0.800 bits per heavy atom. The maximum Gasteiger partial charge on any atom is 0.241 e. The molecule has 1 unspecified atom stereocenters. The van der Waals surface area contributed by atoms with Crippen molar-refractivity contribution in [3.8, 4) is 0 Å². The first-order valence-electron chi connectivity index (χ1n) is 7.85. The maximum atomic E-state index is 12.8. The fourth-order valence-corrected chi connectivity index (χ4v) is 4.05. The van der Waals surface area contributed by atoms with Crippen LogP contribution in [0, 0.1) is 6.92 Å². The Labute approximate surface area is 156 Å². The highest BCUT2D eigenvalue weighted by atomic mass is 79.9. The standard InChI is InChI=1S/C20H18BrNO2S/c1-15-7-13-19(14-8-15)25(23,24)22-20(16-5-3-2-4-6-16)17-9-11-18(21)12-10-17/h2-14,20,22H,1H3. The number of halogens is 1. The van der Waals surface area contributed by atoms with Crippen molar-refractivity contribution >= 4 is 26.0 Å². The van der Waals surface area contributed by atoms with Gasteiger partial charge in [0.2, 0.25) is 10.0 Å². The second kappa shape index (κ2) is 7.52. The van der Waals surface area contributed by atoms with Crippen LogP contribution in [0.2, 0.25) is 0 Å². The van der Waals surface area contributed by atoms with E-state index >= 15 is 0 Å². The number of hydrogen-bond acceptors (Lipinski definition) is 2. The Morgan fingerprint density at radius 3 is 1.96 bits per heavy atom. The fraction of sp³-hybridized carbons (Fsp3) is 0.100. The molecular formula is C20H18BrNO2S. The predicted molar refractivity (Wildman–Crippen MR) is 104 cm³/mol. The van der Waals surface area contributed by atoms with Crippen molar-refractivity contribution in [2.75, 3.05) is 0 Å². The van der Waals surface area contributed by atoms with Gasteiger partial charge in [0.05, 0.1) is 10.9 Å². The van der Waals surface area contributed by atoms with Crippen LogP contribution < -0.4 is 4.72 Å². The van der Waals surface area contributed by atoms with Gasteiger partial charge in [-0.15, -0.1) is 0 Å². The molecule has 1 N–H and O–H groups in total. The summed E-state index contributed by atoms with van der Waals surface area (Å²) in [5, 5.41) is 0. The first-order chi connectivity index (χ1) is 12.0. The summed E-state index contributed by atoms with van der Waals surface area (Å²) in [4.78, 5) is 0.260. The summed E-state index contributed by atoms with van der Waals surface area (Å²) < 4.78 is 29.5. The van der Waals surface area contributed by atoms with Crippen LogP contribution >= 0.6 is 15.9 Å². The van der Waals surface area contributed by atoms with Gasteiger partial charge < -0.3 is 0 Å². The van der Waals surface area contributed by atoms with E-state index in [9.17, 15) is 8.42 Å². The summed E-state index contributed by atoms with van der Waals surface area (Å²) in [7, 11) is -3.64. The quantitative estimate of drug-likeness (QED) is 0.648. The van der Waals surface area contributed by atoms with Crippen LogP contribution in [-0.2, 0) is 10.0 Å². The van der Waals surface area contributed by atoms with Crippen LogP contribution in [0.15, 0.2) is 88.2 Å². The van der Waals surface area contributed by atoms with Crippen molar-refractivity contribution in [1.29, 1.82) is 0 Å². The van der Waals surface area contributed by atoms with Gasteiger partial charge in [-0.25, -0.2) is 8.42 Å². The largest absolute Gasteiger partial charge is 0.241 e. The van der Waals surface area contributed by atoms with E-state index in [1.54, 1.807) is 24.3 Å². The molecule has 3 nitrogen and oxygen atoms in total. The van der Waals surface area contributed by atoms with Gasteiger partial charge >= 0.3 is 0 Å². The average Bonchev–Trinajstić information content (AvgIpc) is 2.62. The van der Waals surface area contributed by atoms with Crippen LogP contribution in [0.1, 0.15) is 22.7 Å². The summed E-state index contributed by atoms with van der Waals surface area (Å²) in [6.07, 6.45) is 0. The number of benzene rings is 3. The van der Waals surface area contributed by atoms with Crippen molar-refractivity contribution in [1.82, 2.24) is 4.72 Å². The van der Waals surface area contributed by atoms with Gasteiger partial charge in [0.1, 0.15) is 0 Å². The molecule has 0 aromatic heterocycles. The third kappa shape index (κ3) is 4.37. The Kier molecular flexibility index (Phi) is 5.37. The molecule has 3 aromatic rings. The van der Waals surface area contributed by atoms with Gasteiger partial charge in [0.25, 0.3) is 0 Å². The van der Waals surface area contributed by atoms with Gasteiger partial charge in [-0.1, -0.05) is 76.1 Å². The lowest BCUT2D eigenvalue weighted by molar-refractivity contribution is 0.572. The van der Waals surface area contributed by atoms with Crippen LogP contribution in [-0.4, -0.2) is 8.42 Å². The van der Waals surface area contributed by atoms with Crippen molar-refractivity contribution in [3.63, 3.8) is 0 Å². The van der Waals surface area contributed by atoms with Crippen molar-refractivity contribution in [2.45, 2.75) is 17.9 Å². The highest BCUT2D eigenvalue weighted by Crippen LogP contribution is 2.26. The molecule has 0 bridgehead atoms. The third-order valence-corrected chi connectivity index (χ3v) is 5.91. The van der Waals surface area contributed by atoms with Crippen LogP contribution in [0.3, 0.4) is 0 Å². The fourth-order valence-electron chi connectivity index (χ4n) is 2.57. The van der Waals surface area contributed by atoms with Crippen molar-refractivity contribution in [3.05, 3.63) is 100 Å². The van der Waals surface area contributed by atoms with Crippen LogP contribution in [0.5, 0.6) is 0 Å². The number of nitrogens with one attached hydrogen (secondary N) is 1. The lowest BCUT2D eigenvalue weighted by Gasteiger charge is -2.20. The first kappa shape index (κ1) is 17.9. The van der Waals surface area contributed by atoms with Gasteiger partial charge in [0.15, 0.2) is 0 Å². The average molecular weight is 416 g/mol. The minimum atomic E-state index is -3.64. The minimum Gasteiger partial charge on any atom is -0.207 e. The Morgan fingerprint density at radius 2 is 1.36 bits per heavy atom.